The number of nitrogens with one attached hydrogen (secondary N) is 1. The Labute approximate surface area is 64.2 Å². The highest BCUT2D eigenvalue weighted by Crippen LogP contribution is 1.98. The fourth-order valence-electron chi connectivity index (χ4n) is 0.687. The highest BCUT2D eigenvalue weighted by molar-refractivity contribution is 5.78. The number of rotatable bonds is 3. The zero-order valence-electron chi connectivity index (χ0n) is 6.24. The third-order valence-corrected chi connectivity index (χ3v) is 1.16. The highest BCUT2D eigenvalue weighted by Gasteiger charge is 1.96. The van der Waals surface area contributed by atoms with E-state index in [4.69, 9.17) is 5.73 Å². The topological polar surface area (TPSA) is 72.9 Å². The van der Waals surface area contributed by atoms with Crippen molar-refractivity contribution in [2.45, 2.75) is 0 Å². The molecular formula is C6H10N4O. The van der Waals surface area contributed by atoms with Gasteiger partial charge in [-0.05, 0) is 0 Å². The SMILES string of the molecule is Cn1ccc(NCC(N)=O)n1. The van der Waals surface area contributed by atoms with Crippen LogP contribution < -0.4 is 11.1 Å². The maximum atomic E-state index is 10.3. The summed E-state index contributed by atoms with van der Waals surface area (Å²) in [5.74, 6) is 0.266. The average molecular weight is 154 g/mol. The summed E-state index contributed by atoms with van der Waals surface area (Å²) in [5.41, 5.74) is 4.91. The van der Waals surface area contributed by atoms with Crippen molar-refractivity contribution >= 4 is 11.7 Å². The number of hydrogen-bond donors (Lipinski definition) is 2. The van der Waals surface area contributed by atoms with Gasteiger partial charge in [0, 0.05) is 19.3 Å². The van der Waals surface area contributed by atoms with Gasteiger partial charge < -0.3 is 11.1 Å². The van der Waals surface area contributed by atoms with Crippen LogP contribution in [0.1, 0.15) is 0 Å². The van der Waals surface area contributed by atoms with Crippen molar-refractivity contribution in [1.82, 2.24) is 9.78 Å². The van der Waals surface area contributed by atoms with Crippen LogP contribution in [-0.4, -0.2) is 22.2 Å². The normalized spacial score (nSPS) is 9.55. The van der Waals surface area contributed by atoms with Gasteiger partial charge in [-0.15, -0.1) is 0 Å². The molecule has 1 aromatic heterocycles. The Balaban J connectivity index is 2.45. The molecule has 0 saturated heterocycles. The van der Waals surface area contributed by atoms with E-state index in [0.717, 1.165) is 0 Å². The van der Waals surface area contributed by atoms with Crippen molar-refractivity contribution in [1.29, 1.82) is 0 Å². The molecular weight excluding hydrogens is 144 g/mol. The first-order valence-electron chi connectivity index (χ1n) is 3.20. The first-order valence-corrected chi connectivity index (χ1v) is 3.20. The predicted molar refractivity (Wildman–Crippen MR) is 40.9 cm³/mol. The van der Waals surface area contributed by atoms with Gasteiger partial charge in [0.15, 0.2) is 0 Å². The molecule has 0 radical (unpaired) electrons. The Kier molecular flexibility index (Phi) is 2.10. The van der Waals surface area contributed by atoms with Gasteiger partial charge in [-0.3, -0.25) is 9.48 Å². The van der Waals surface area contributed by atoms with Crippen LogP contribution in [-0.2, 0) is 11.8 Å². The molecule has 1 amide bonds. The number of primary amides is 1. The molecule has 0 unspecified atom stereocenters. The molecule has 0 atom stereocenters. The van der Waals surface area contributed by atoms with Crippen molar-refractivity contribution in [2.75, 3.05) is 11.9 Å². The molecule has 1 aromatic rings. The lowest BCUT2D eigenvalue weighted by Crippen LogP contribution is -2.21. The van der Waals surface area contributed by atoms with Gasteiger partial charge in [0.25, 0.3) is 0 Å². The molecule has 5 nitrogen and oxygen atoms in total. The molecule has 11 heavy (non-hydrogen) atoms. The molecule has 0 aromatic carbocycles. The minimum absolute atomic E-state index is 0.122. The predicted octanol–water partition coefficient (Wildman–Crippen LogP) is -0.683. The van der Waals surface area contributed by atoms with Gasteiger partial charge >= 0.3 is 0 Å². The number of carbonyl (C=O) groups excluding carboxylic acids is 1. The summed E-state index contributed by atoms with van der Waals surface area (Å²) in [4.78, 5) is 10.3. The van der Waals surface area contributed by atoms with Crippen LogP contribution in [0, 0.1) is 0 Å². The fourth-order valence-corrected chi connectivity index (χ4v) is 0.687. The number of amides is 1. The van der Waals surface area contributed by atoms with E-state index in [1.165, 1.54) is 0 Å². The van der Waals surface area contributed by atoms with Crippen molar-refractivity contribution < 1.29 is 4.79 Å². The summed E-state index contributed by atoms with van der Waals surface area (Å²) in [6.45, 7) is 0.122. The van der Waals surface area contributed by atoms with Crippen LogP contribution in [0.25, 0.3) is 0 Å². The largest absolute Gasteiger partial charge is 0.368 e. The molecule has 0 fully saturated rings. The molecule has 60 valence electrons. The zero-order valence-corrected chi connectivity index (χ0v) is 6.24. The minimum atomic E-state index is -0.393. The number of carbonyl (C=O) groups is 1. The van der Waals surface area contributed by atoms with Crippen LogP contribution in [0.4, 0.5) is 5.82 Å². The van der Waals surface area contributed by atoms with Crippen molar-refractivity contribution in [2.24, 2.45) is 12.8 Å². The molecule has 0 aliphatic heterocycles. The zero-order chi connectivity index (χ0) is 8.27. The lowest BCUT2D eigenvalue weighted by Gasteiger charge is -1.96. The molecule has 0 aliphatic rings. The van der Waals surface area contributed by atoms with E-state index in [0.29, 0.717) is 5.82 Å². The monoisotopic (exact) mass is 154 g/mol. The second-order valence-electron chi connectivity index (χ2n) is 2.19. The number of anilines is 1. The van der Waals surface area contributed by atoms with E-state index >= 15 is 0 Å². The van der Waals surface area contributed by atoms with E-state index in [1.807, 2.05) is 0 Å². The Bertz CT molecular complexity index is 255. The number of aryl methyl sites for hydroxylation is 1. The van der Waals surface area contributed by atoms with Crippen LogP contribution in [0.5, 0.6) is 0 Å². The third-order valence-electron chi connectivity index (χ3n) is 1.16. The van der Waals surface area contributed by atoms with Crippen molar-refractivity contribution in [3.05, 3.63) is 12.3 Å². The minimum Gasteiger partial charge on any atom is -0.368 e. The Hall–Kier alpha value is -1.52. The van der Waals surface area contributed by atoms with Gasteiger partial charge in [-0.1, -0.05) is 0 Å². The first-order chi connectivity index (χ1) is 5.18. The molecule has 0 aliphatic carbocycles. The second-order valence-corrected chi connectivity index (χ2v) is 2.19. The summed E-state index contributed by atoms with van der Waals surface area (Å²) < 4.78 is 1.64. The quantitative estimate of drug-likeness (QED) is 0.605. The molecule has 0 bridgehead atoms. The van der Waals surface area contributed by atoms with E-state index in [9.17, 15) is 4.79 Å². The summed E-state index contributed by atoms with van der Waals surface area (Å²) >= 11 is 0. The van der Waals surface area contributed by atoms with Crippen LogP contribution in [0.3, 0.4) is 0 Å². The van der Waals surface area contributed by atoms with E-state index in [-0.39, 0.29) is 6.54 Å². The van der Waals surface area contributed by atoms with E-state index < -0.39 is 5.91 Å². The summed E-state index contributed by atoms with van der Waals surface area (Å²) in [6, 6.07) is 1.77. The Morgan fingerprint density at radius 1 is 1.91 bits per heavy atom. The van der Waals surface area contributed by atoms with E-state index in [2.05, 4.69) is 10.4 Å². The Morgan fingerprint density at radius 3 is 3.09 bits per heavy atom. The molecule has 3 N–H and O–H groups in total. The van der Waals surface area contributed by atoms with Crippen molar-refractivity contribution in [3.63, 3.8) is 0 Å². The maximum Gasteiger partial charge on any atom is 0.236 e. The van der Waals surface area contributed by atoms with Crippen LogP contribution >= 0.6 is 0 Å². The molecule has 1 heterocycles. The molecule has 0 saturated carbocycles. The van der Waals surface area contributed by atoms with E-state index in [1.54, 1.807) is 24.0 Å². The standard InChI is InChI=1S/C6H10N4O/c1-10-3-2-6(9-10)8-4-5(7)11/h2-3H,4H2,1H3,(H2,7,11)(H,8,9). The van der Waals surface area contributed by atoms with Gasteiger partial charge in [-0.2, -0.15) is 5.10 Å². The first kappa shape index (κ1) is 7.59. The smallest absolute Gasteiger partial charge is 0.236 e. The summed E-state index contributed by atoms with van der Waals surface area (Å²) in [5, 5.41) is 6.74. The van der Waals surface area contributed by atoms with Crippen molar-refractivity contribution in [3.8, 4) is 0 Å². The average Bonchev–Trinajstić information content (AvgIpc) is 2.31. The molecule has 0 spiro atoms. The highest BCUT2D eigenvalue weighted by atomic mass is 16.1. The third kappa shape index (κ3) is 2.29. The Morgan fingerprint density at radius 2 is 2.64 bits per heavy atom. The van der Waals surface area contributed by atoms with Crippen LogP contribution in [0.15, 0.2) is 12.3 Å². The lowest BCUT2D eigenvalue weighted by atomic mass is 10.5. The second kappa shape index (κ2) is 3.05. The number of hydrogen-bond acceptors (Lipinski definition) is 3. The van der Waals surface area contributed by atoms with Gasteiger partial charge in [0.2, 0.25) is 5.91 Å². The fraction of sp³-hybridized carbons (Fsp3) is 0.333. The number of nitrogens with two attached hydrogens (primary N) is 1. The maximum absolute atomic E-state index is 10.3. The van der Waals surface area contributed by atoms with Crippen LogP contribution in [0.2, 0.25) is 0 Å². The summed E-state index contributed by atoms with van der Waals surface area (Å²) in [7, 11) is 1.80. The number of aromatic nitrogens is 2. The molecule has 5 heteroatoms. The van der Waals surface area contributed by atoms with Gasteiger partial charge in [0.05, 0.1) is 6.54 Å². The van der Waals surface area contributed by atoms with Gasteiger partial charge in [-0.25, -0.2) is 0 Å². The number of nitrogens with zero attached hydrogens (tertiary/aromatic N) is 2. The lowest BCUT2D eigenvalue weighted by molar-refractivity contribution is -0.116. The van der Waals surface area contributed by atoms with Gasteiger partial charge in [0.1, 0.15) is 5.82 Å². The molecule has 1 rings (SSSR count). The summed E-state index contributed by atoms with van der Waals surface area (Å²) in [6.07, 6.45) is 1.78.